The summed E-state index contributed by atoms with van der Waals surface area (Å²) in [6.07, 6.45) is 0.975. The first-order valence-electron chi connectivity index (χ1n) is 3.76. The highest BCUT2D eigenvalue weighted by Gasteiger charge is 1.97. The van der Waals surface area contributed by atoms with E-state index in [1.807, 2.05) is 13.8 Å². The number of nitrogens with one attached hydrogen (secondary N) is 1. The third kappa shape index (κ3) is 5.76. The molecule has 0 spiro atoms. The van der Waals surface area contributed by atoms with Crippen molar-refractivity contribution >= 4 is 5.71 Å². The molecule has 1 atom stereocenters. The Bertz CT molecular complexity index is 143. The van der Waals surface area contributed by atoms with E-state index in [1.165, 1.54) is 0 Å². The van der Waals surface area contributed by atoms with Crippen molar-refractivity contribution in [2.45, 2.75) is 20.1 Å². The van der Waals surface area contributed by atoms with Crippen LogP contribution in [-0.2, 0) is 0 Å². The number of aliphatic hydroxyl groups excluding tert-OH is 1. The molecule has 2 N–H and O–H groups in total. The summed E-state index contributed by atoms with van der Waals surface area (Å²) in [4.78, 5) is 3.92. The Morgan fingerprint density at radius 2 is 2.45 bits per heavy atom. The second-order valence-electron chi connectivity index (χ2n) is 2.26. The number of nitrogens with zero attached hydrogens (tertiary/aromatic N) is 1. The molecule has 0 aliphatic carbocycles. The van der Waals surface area contributed by atoms with Gasteiger partial charge < -0.3 is 10.4 Å². The molecule has 0 saturated heterocycles. The highest BCUT2D eigenvalue weighted by molar-refractivity contribution is 5.92. The van der Waals surface area contributed by atoms with Gasteiger partial charge in [0.25, 0.3) is 0 Å². The molecule has 0 aliphatic heterocycles. The fourth-order valence-electron chi connectivity index (χ4n) is 0.607. The zero-order valence-electron chi connectivity index (χ0n) is 7.17. The number of rotatable bonds is 5. The van der Waals surface area contributed by atoms with Crippen molar-refractivity contribution in [3.63, 3.8) is 0 Å². The summed E-state index contributed by atoms with van der Waals surface area (Å²) in [7, 11) is 0. The van der Waals surface area contributed by atoms with E-state index in [0.29, 0.717) is 6.54 Å². The lowest BCUT2D eigenvalue weighted by Gasteiger charge is -2.05. The van der Waals surface area contributed by atoms with Crippen molar-refractivity contribution in [2.24, 2.45) is 4.99 Å². The normalized spacial score (nSPS) is 14.6. The van der Waals surface area contributed by atoms with Crippen LogP contribution < -0.4 is 5.32 Å². The third-order valence-electron chi connectivity index (χ3n) is 1.22. The molecule has 64 valence electrons. The summed E-state index contributed by atoms with van der Waals surface area (Å²) < 4.78 is 0. The van der Waals surface area contributed by atoms with Crippen LogP contribution in [0.5, 0.6) is 0 Å². The molecule has 11 heavy (non-hydrogen) atoms. The minimum atomic E-state index is -0.645. The molecule has 3 heteroatoms. The molecule has 3 nitrogen and oxygen atoms in total. The second-order valence-corrected chi connectivity index (χ2v) is 2.26. The van der Waals surface area contributed by atoms with Gasteiger partial charge in [0.1, 0.15) is 0 Å². The number of likely N-dealkylation sites (N-methyl/N-ethyl adjacent to an activating group) is 1. The van der Waals surface area contributed by atoms with Crippen molar-refractivity contribution in [1.29, 1.82) is 0 Å². The molecule has 0 amide bonds. The highest BCUT2D eigenvalue weighted by atomic mass is 16.3. The van der Waals surface area contributed by atoms with Gasteiger partial charge in [0.05, 0.1) is 0 Å². The van der Waals surface area contributed by atoms with E-state index in [1.54, 1.807) is 6.08 Å². The smallest absolute Gasteiger partial charge is 0.157 e. The Morgan fingerprint density at radius 1 is 1.82 bits per heavy atom. The number of hydrogen-bond acceptors (Lipinski definition) is 3. The molecule has 0 rings (SSSR count). The van der Waals surface area contributed by atoms with Crippen LogP contribution in [0.25, 0.3) is 0 Å². The van der Waals surface area contributed by atoms with Gasteiger partial charge in [-0.1, -0.05) is 13.5 Å². The standard InChI is InChI=1S/C8H16N2O/c1-4-7(3)10-8(11)6-9-5-2/h4,8-9,11H,1,5-6H2,2-3H3. The van der Waals surface area contributed by atoms with Gasteiger partial charge in [-0.05, 0) is 19.5 Å². The lowest BCUT2D eigenvalue weighted by molar-refractivity contribution is 0.182. The van der Waals surface area contributed by atoms with Crippen LogP contribution >= 0.6 is 0 Å². The van der Waals surface area contributed by atoms with E-state index in [2.05, 4.69) is 16.9 Å². The fourth-order valence-corrected chi connectivity index (χ4v) is 0.607. The van der Waals surface area contributed by atoms with Gasteiger partial charge >= 0.3 is 0 Å². The molecule has 0 fully saturated rings. The zero-order chi connectivity index (χ0) is 8.69. The summed E-state index contributed by atoms with van der Waals surface area (Å²) in [5, 5.41) is 12.2. The van der Waals surface area contributed by atoms with Crippen molar-refractivity contribution in [3.05, 3.63) is 12.7 Å². The van der Waals surface area contributed by atoms with Gasteiger partial charge in [0.15, 0.2) is 6.23 Å². The maximum atomic E-state index is 9.18. The predicted octanol–water partition coefficient (Wildman–Crippen LogP) is 0.561. The zero-order valence-corrected chi connectivity index (χ0v) is 7.17. The Labute approximate surface area is 67.8 Å². The summed E-state index contributed by atoms with van der Waals surface area (Å²) in [6, 6.07) is 0. The number of aliphatic hydroxyl groups is 1. The van der Waals surface area contributed by atoms with Gasteiger partial charge in [-0.3, -0.25) is 4.99 Å². The van der Waals surface area contributed by atoms with Crippen LogP contribution in [0.1, 0.15) is 13.8 Å². The number of allylic oxidation sites excluding steroid dienone is 1. The molecule has 0 aliphatic rings. The molecule has 0 bridgehead atoms. The first-order valence-corrected chi connectivity index (χ1v) is 3.76. The molecule has 0 aromatic carbocycles. The Morgan fingerprint density at radius 3 is 2.91 bits per heavy atom. The first kappa shape index (κ1) is 10.3. The van der Waals surface area contributed by atoms with Gasteiger partial charge in [-0.15, -0.1) is 0 Å². The molecule has 0 saturated carbocycles. The largest absolute Gasteiger partial charge is 0.371 e. The first-order chi connectivity index (χ1) is 5.20. The highest BCUT2D eigenvalue weighted by Crippen LogP contribution is 1.86. The van der Waals surface area contributed by atoms with Gasteiger partial charge in [-0.25, -0.2) is 0 Å². The lowest BCUT2D eigenvalue weighted by Crippen LogP contribution is -2.25. The number of aliphatic imine (C=N–C) groups is 1. The van der Waals surface area contributed by atoms with Crippen molar-refractivity contribution < 1.29 is 5.11 Å². The fraction of sp³-hybridized carbons (Fsp3) is 0.625. The molecule has 0 aromatic heterocycles. The Hall–Kier alpha value is -0.670. The summed E-state index contributed by atoms with van der Waals surface area (Å²) in [5.41, 5.74) is 0.760. The molecule has 0 heterocycles. The quantitative estimate of drug-likeness (QED) is 0.571. The van der Waals surface area contributed by atoms with Crippen LogP contribution in [0.4, 0.5) is 0 Å². The maximum Gasteiger partial charge on any atom is 0.157 e. The monoisotopic (exact) mass is 156 g/mol. The van der Waals surface area contributed by atoms with Crippen LogP contribution in [-0.4, -0.2) is 30.1 Å². The molecule has 0 radical (unpaired) electrons. The SMILES string of the molecule is C=CC(C)=NC(O)CNCC. The van der Waals surface area contributed by atoms with Crippen LogP contribution in [0.2, 0.25) is 0 Å². The van der Waals surface area contributed by atoms with Gasteiger partial charge in [0, 0.05) is 12.3 Å². The summed E-state index contributed by atoms with van der Waals surface area (Å²) in [5.74, 6) is 0. The topological polar surface area (TPSA) is 44.6 Å². The van der Waals surface area contributed by atoms with E-state index in [4.69, 9.17) is 0 Å². The number of hydrogen-bond donors (Lipinski definition) is 2. The Balaban J connectivity index is 3.66. The maximum absolute atomic E-state index is 9.18. The second kappa shape index (κ2) is 6.07. The minimum Gasteiger partial charge on any atom is -0.371 e. The Kier molecular flexibility index (Phi) is 5.70. The predicted molar refractivity (Wildman–Crippen MR) is 47.9 cm³/mol. The van der Waals surface area contributed by atoms with E-state index >= 15 is 0 Å². The van der Waals surface area contributed by atoms with Crippen molar-refractivity contribution in [1.82, 2.24) is 5.32 Å². The molecular formula is C8H16N2O. The average molecular weight is 156 g/mol. The van der Waals surface area contributed by atoms with Crippen LogP contribution in [0.3, 0.4) is 0 Å². The van der Waals surface area contributed by atoms with Crippen molar-refractivity contribution in [3.8, 4) is 0 Å². The minimum absolute atomic E-state index is 0.502. The lowest BCUT2D eigenvalue weighted by atomic mass is 10.4. The van der Waals surface area contributed by atoms with E-state index in [-0.39, 0.29) is 0 Å². The summed E-state index contributed by atoms with van der Waals surface area (Å²) in [6.45, 7) is 8.67. The molecule has 1 unspecified atom stereocenters. The van der Waals surface area contributed by atoms with E-state index in [0.717, 1.165) is 12.3 Å². The van der Waals surface area contributed by atoms with E-state index in [9.17, 15) is 5.11 Å². The molecular weight excluding hydrogens is 140 g/mol. The van der Waals surface area contributed by atoms with Crippen LogP contribution in [0, 0.1) is 0 Å². The van der Waals surface area contributed by atoms with E-state index < -0.39 is 6.23 Å². The van der Waals surface area contributed by atoms with Gasteiger partial charge in [0.2, 0.25) is 0 Å². The molecule has 0 aromatic rings. The van der Waals surface area contributed by atoms with Crippen molar-refractivity contribution in [2.75, 3.05) is 13.1 Å². The van der Waals surface area contributed by atoms with Crippen LogP contribution in [0.15, 0.2) is 17.6 Å². The third-order valence-corrected chi connectivity index (χ3v) is 1.22. The average Bonchev–Trinajstić information content (AvgIpc) is 2.00. The summed E-state index contributed by atoms with van der Waals surface area (Å²) >= 11 is 0. The van der Waals surface area contributed by atoms with Gasteiger partial charge in [-0.2, -0.15) is 0 Å².